The highest BCUT2D eigenvalue weighted by Gasteiger charge is 2.72. The van der Waals surface area contributed by atoms with Crippen molar-refractivity contribution in [3.05, 3.63) is 28.5 Å². The molecule has 2 aliphatic rings. The molecule has 0 bridgehead atoms. The third-order valence-electron chi connectivity index (χ3n) is 4.37. The molecule has 2 fully saturated rings. The zero-order valence-corrected chi connectivity index (χ0v) is 14.4. The Morgan fingerprint density at radius 3 is 2.64 bits per heavy atom. The lowest BCUT2D eigenvalue weighted by molar-refractivity contribution is 0.0265. The van der Waals surface area contributed by atoms with Crippen LogP contribution in [0, 0.1) is 23.2 Å². The zero-order chi connectivity index (χ0) is 16.1. The number of hydrogen-bond donors (Lipinski definition) is 0. The molecule has 22 heavy (non-hydrogen) atoms. The third kappa shape index (κ3) is 2.28. The Morgan fingerprint density at radius 1 is 1.50 bits per heavy atom. The van der Waals surface area contributed by atoms with Crippen LogP contribution in [0.2, 0.25) is 0 Å². The average molecular weight is 364 g/mol. The first-order chi connectivity index (χ1) is 10.3. The Balaban J connectivity index is 1.75. The highest BCUT2D eigenvalue weighted by atomic mass is 79.9. The lowest BCUT2D eigenvalue weighted by Gasteiger charge is -2.27. The van der Waals surface area contributed by atoms with Crippen molar-refractivity contribution in [3.63, 3.8) is 0 Å². The number of fused-ring (bicyclic) bond motifs is 1. The number of piperidine rings is 1. The molecule has 3 rings (SSSR count). The summed E-state index contributed by atoms with van der Waals surface area (Å²) < 4.78 is 6.26. The smallest absolute Gasteiger partial charge is 0.410 e. The summed E-state index contributed by atoms with van der Waals surface area (Å²) in [5.74, 6) is 0.271. The summed E-state index contributed by atoms with van der Waals surface area (Å²) in [4.78, 5) is 18.2. The minimum atomic E-state index is -0.571. The van der Waals surface area contributed by atoms with Crippen molar-refractivity contribution in [2.75, 3.05) is 13.1 Å². The number of amides is 1. The Morgan fingerprint density at radius 2 is 2.14 bits per heavy atom. The Labute approximate surface area is 138 Å². The number of carbonyl (C=O) groups is 1. The number of ether oxygens (including phenoxy) is 1. The predicted molar refractivity (Wildman–Crippen MR) is 84.0 cm³/mol. The van der Waals surface area contributed by atoms with Crippen LogP contribution in [0.3, 0.4) is 0 Å². The van der Waals surface area contributed by atoms with Crippen LogP contribution in [-0.2, 0) is 10.2 Å². The van der Waals surface area contributed by atoms with Gasteiger partial charge < -0.3 is 9.64 Å². The molecule has 2 unspecified atom stereocenters. The van der Waals surface area contributed by atoms with Gasteiger partial charge >= 0.3 is 6.09 Å². The van der Waals surface area contributed by atoms with Gasteiger partial charge in [0, 0.05) is 35.6 Å². The highest BCUT2D eigenvalue weighted by Crippen LogP contribution is 2.63. The molecule has 1 aromatic rings. The Kier molecular flexibility index (Phi) is 3.44. The second-order valence-electron chi connectivity index (χ2n) is 6.91. The van der Waals surface area contributed by atoms with Crippen LogP contribution in [0.4, 0.5) is 4.79 Å². The topological polar surface area (TPSA) is 66.2 Å². The quantitative estimate of drug-likeness (QED) is 0.768. The Hall–Kier alpha value is -1.61. The first-order valence-corrected chi connectivity index (χ1v) is 8.09. The fraction of sp³-hybridized carbons (Fsp3) is 0.562. The second kappa shape index (κ2) is 4.95. The number of nitriles is 1. The number of rotatable bonds is 1. The number of aromatic nitrogens is 1. The van der Waals surface area contributed by atoms with E-state index >= 15 is 0 Å². The van der Waals surface area contributed by atoms with Crippen LogP contribution in [-0.4, -0.2) is 34.7 Å². The first-order valence-electron chi connectivity index (χ1n) is 7.30. The molecule has 1 aromatic heterocycles. The van der Waals surface area contributed by atoms with Crippen LogP contribution in [0.15, 0.2) is 22.8 Å². The van der Waals surface area contributed by atoms with Crippen LogP contribution in [0.1, 0.15) is 26.5 Å². The number of pyridine rings is 1. The number of hydrogen-bond acceptors (Lipinski definition) is 4. The third-order valence-corrected chi connectivity index (χ3v) is 5.01. The van der Waals surface area contributed by atoms with E-state index in [-0.39, 0.29) is 17.9 Å². The molecule has 1 aliphatic heterocycles. The van der Waals surface area contributed by atoms with Gasteiger partial charge in [-0.1, -0.05) is 0 Å². The number of nitrogens with zero attached hydrogens (tertiary/aromatic N) is 3. The van der Waals surface area contributed by atoms with Gasteiger partial charge in [-0.2, -0.15) is 5.26 Å². The van der Waals surface area contributed by atoms with E-state index in [4.69, 9.17) is 4.74 Å². The van der Waals surface area contributed by atoms with E-state index in [0.29, 0.717) is 13.1 Å². The minimum absolute atomic E-state index is 0.135. The fourth-order valence-electron chi connectivity index (χ4n) is 3.37. The monoisotopic (exact) mass is 363 g/mol. The van der Waals surface area contributed by atoms with Crippen LogP contribution >= 0.6 is 15.9 Å². The lowest BCUT2D eigenvalue weighted by Crippen LogP contribution is -2.39. The van der Waals surface area contributed by atoms with Crippen molar-refractivity contribution >= 4 is 22.0 Å². The maximum atomic E-state index is 12.1. The molecule has 0 aromatic carbocycles. The van der Waals surface area contributed by atoms with E-state index in [9.17, 15) is 10.1 Å². The van der Waals surface area contributed by atoms with Gasteiger partial charge in [-0.15, -0.1) is 0 Å². The molecule has 3 atom stereocenters. The summed E-state index contributed by atoms with van der Waals surface area (Å²) in [5.41, 5.74) is -0.282. The number of likely N-dealkylation sites (tertiary alicyclic amines) is 1. The molecule has 0 spiro atoms. The van der Waals surface area contributed by atoms with Gasteiger partial charge in [0.1, 0.15) is 11.0 Å². The van der Waals surface area contributed by atoms with Gasteiger partial charge in [-0.3, -0.25) is 4.98 Å². The van der Waals surface area contributed by atoms with Gasteiger partial charge in [-0.05, 0) is 48.8 Å². The van der Waals surface area contributed by atoms with Crippen molar-refractivity contribution in [3.8, 4) is 6.07 Å². The van der Waals surface area contributed by atoms with Gasteiger partial charge in [-0.25, -0.2) is 4.79 Å². The van der Waals surface area contributed by atoms with E-state index in [1.807, 2.05) is 32.9 Å². The van der Waals surface area contributed by atoms with Crippen molar-refractivity contribution in [2.45, 2.75) is 31.8 Å². The summed E-state index contributed by atoms with van der Waals surface area (Å²) in [5, 5.41) is 9.71. The maximum absolute atomic E-state index is 12.1. The summed E-state index contributed by atoms with van der Waals surface area (Å²) >= 11 is 3.49. The number of carbonyl (C=O) groups excluding carboxylic acids is 1. The fourth-order valence-corrected chi connectivity index (χ4v) is 3.95. The molecule has 0 N–H and O–H groups in total. The summed E-state index contributed by atoms with van der Waals surface area (Å²) in [6, 6.07) is 6.19. The van der Waals surface area contributed by atoms with Gasteiger partial charge in [0.25, 0.3) is 0 Å². The SMILES string of the molecule is CC(C)(C)OC(=O)N1CC2[C@H](C1)C2(C#N)c1ncccc1Br. The molecular formula is C16H18BrN3O2. The van der Waals surface area contributed by atoms with E-state index in [1.165, 1.54) is 0 Å². The second-order valence-corrected chi connectivity index (χ2v) is 7.77. The molecule has 1 aliphatic carbocycles. The van der Waals surface area contributed by atoms with Crippen LogP contribution < -0.4 is 0 Å². The van der Waals surface area contributed by atoms with Crippen LogP contribution in [0.25, 0.3) is 0 Å². The standard InChI is InChI=1S/C16H18BrN3O2/c1-15(2,3)22-14(21)20-7-10-11(8-20)16(10,9-18)13-12(17)5-4-6-19-13/h4-6,10-11H,7-8H2,1-3H3/t10-,11?,16?/m0/s1. The summed E-state index contributed by atoms with van der Waals surface area (Å²) in [6.07, 6.45) is 1.41. The van der Waals surface area contributed by atoms with Gasteiger partial charge in [0.05, 0.1) is 11.8 Å². The molecule has 116 valence electrons. The Bertz CT molecular complexity index is 650. The van der Waals surface area contributed by atoms with Gasteiger partial charge in [0.15, 0.2) is 0 Å². The van der Waals surface area contributed by atoms with Crippen LogP contribution in [0.5, 0.6) is 0 Å². The largest absolute Gasteiger partial charge is 0.444 e. The highest BCUT2D eigenvalue weighted by molar-refractivity contribution is 9.10. The maximum Gasteiger partial charge on any atom is 0.410 e. The molecule has 5 nitrogen and oxygen atoms in total. The molecule has 1 saturated carbocycles. The normalized spacial score (nSPS) is 29.7. The minimum Gasteiger partial charge on any atom is -0.444 e. The molecule has 0 radical (unpaired) electrons. The number of halogens is 1. The summed E-state index contributed by atoms with van der Waals surface area (Å²) in [6.45, 7) is 6.66. The molecule has 1 amide bonds. The molecule has 6 heteroatoms. The first kappa shape index (κ1) is 15.3. The van der Waals surface area contributed by atoms with E-state index in [2.05, 4.69) is 27.0 Å². The molecule has 1 saturated heterocycles. The van der Waals surface area contributed by atoms with Crippen molar-refractivity contribution in [1.82, 2.24) is 9.88 Å². The van der Waals surface area contributed by atoms with Gasteiger partial charge in [0.2, 0.25) is 0 Å². The average Bonchev–Trinajstić information content (AvgIpc) is 2.80. The van der Waals surface area contributed by atoms with Crippen molar-refractivity contribution < 1.29 is 9.53 Å². The summed E-state index contributed by atoms with van der Waals surface area (Å²) in [7, 11) is 0. The predicted octanol–water partition coefficient (Wildman–Crippen LogP) is 3.10. The van der Waals surface area contributed by atoms with E-state index in [1.54, 1.807) is 11.1 Å². The zero-order valence-electron chi connectivity index (χ0n) is 12.8. The molecule has 2 heterocycles. The van der Waals surface area contributed by atoms with E-state index < -0.39 is 11.0 Å². The van der Waals surface area contributed by atoms with E-state index in [0.717, 1.165) is 10.2 Å². The van der Waals surface area contributed by atoms with Crippen molar-refractivity contribution in [1.29, 1.82) is 5.26 Å². The van der Waals surface area contributed by atoms with Crippen molar-refractivity contribution in [2.24, 2.45) is 11.8 Å². The molecular weight excluding hydrogens is 346 g/mol. The lowest BCUT2D eigenvalue weighted by atomic mass is 9.96.